The van der Waals surface area contributed by atoms with Gasteiger partial charge in [0, 0.05) is 16.8 Å². The topological polar surface area (TPSA) is 51.8 Å². The minimum atomic E-state index is 0.586. The molecule has 3 aromatic rings. The molecule has 0 saturated carbocycles. The molecule has 0 atom stereocenters. The van der Waals surface area contributed by atoms with E-state index in [0.717, 1.165) is 23.2 Å². The molecule has 0 aliphatic rings. The number of nitrogens with two attached hydrogens (primary N) is 1. The number of nitrogen functional groups attached to an aromatic ring is 1. The summed E-state index contributed by atoms with van der Waals surface area (Å²) < 4.78 is 0. The van der Waals surface area contributed by atoms with Crippen LogP contribution in [0.3, 0.4) is 0 Å². The van der Waals surface area contributed by atoms with Crippen LogP contribution in [0.1, 0.15) is 18.2 Å². The van der Waals surface area contributed by atoms with Crippen LogP contribution in [0.4, 0.5) is 5.82 Å². The van der Waals surface area contributed by atoms with Crippen LogP contribution in [0.25, 0.3) is 22.2 Å². The summed E-state index contributed by atoms with van der Waals surface area (Å²) in [5, 5.41) is 2.40. The van der Waals surface area contributed by atoms with Crippen molar-refractivity contribution in [2.45, 2.75) is 20.3 Å². The molecule has 3 heteroatoms. The molecule has 20 heavy (non-hydrogen) atoms. The summed E-state index contributed by atoms with van der Waals surface area (Å²) in [6.07, 6.45) is 0.857. The Balaban J connectivity index is 2.15. The van der Waals surface area contributed by atoms with Gasteiger partial charge in [0.05, 0.1) is 0 Å². The Kier molecular flexibility index (Phi) is 3.11. The lowest BCUT2D eigenvalue weighted by molar-refractivity contribution is 1.01. The van der Waals surface area contributed by atoms with E-state index in [1.807, 2.05) is 25.1 Å². The van der Waals surface area contributed by atoms with Crippen LogP contribution in [0.15, 0.2) is 42.5 Å². The normalized spacial score (nSPS) is 10.9. The van der Waals surface area contributed by atoms with Gasteiger partial charge in [-0.2, -0.15) is 0 Å². The Morgan fingerprint density at radius 1 is 1.00 bits per heavy atom. The molecule has 1 aromatic heterocycles. The summed E-state index contributed by atoms with van der Waals surface area (Å²) in [6, 6.07) is 14.5. The van der Waals surface area contributed by atoms with Gasteiger partial charge in [0.2, 0.25) is 0 Å². The first-order valence-corrected chi connectivity index (χ1v) is 6.81. The second kappa shape index (κ2) is 4.93. The van der Waals surface area contributed by atoms with Gasteiger partial charge in [-0.25, -0.2) is 9.97 Å². The van der Waals surface area contributed by atoms with Crippen molar-refractivity contribution in [3.8, 4) is 11.4 Å². The second-order valence-corrected chi connectivity index (χ2v) is 4.91. The van der Waals surface area contributed by atoms with Gasteiger partial charge in [-0.3, -0.25) is 0 Å². The molecule has 0 bridgehead atoms. The number of rotatable bonds is 2. The molecule has 0 saturated heterocycles. The third kappa shape index (κ3) is 2.11. The standard InChI is InChI=1S/C17H17N3/c1-3-15-11(2)19-17(20-16(15)18)14-9-8-12-6-4-5-7-13(12)10-14/h4-10H,3H2,1-2H3,(H2,18,19,20). The van der Waals surface area contributed by atoms with Gasteiger partial charge in [-0.05, 0) is 30.2 Å². The van der Waals surface area contributed by atoms with Crippen molar-refractivity contribution in [3.05, 3.63) is 53.7 Å². The Hall–Kier alpha value is -2.42. The zero-order valence-electron chi connectivity index (χ0n) is 11.7. The molecular formula is C17H17N3. The molecule has 0 aliphatic heterocycles. The van der Waals surface area contributed by atoms with Crippen LogP contribution >= 0.6 is 0 Å². The van der Waals surface area contributed by atoms with Crippen molar-refractivity contribution in [2.24, 2.45) is 0 Å². The molecule has 2 aromatic carbocycles. The van der Waals surface area contributed by atoms with Crippen molar-refractivity contribution < 1.29 is 0 Å². The number of aromatic nitrogens is 2. The molecule has 0 radical (unpaired) electrons. The van der Waals surface area contributed by atoms with E-state index in [-0.39, 0.29) is 0 Å². The average Bonchev–Trinajstić information content (AvgIpc) is 2.46. The minimum Gasteiger partial charge on any atom is -0.383 e. The van der Waals surface area contributed by atoms with Gasteiger partial charge in [0.15, 0.2) is 5.82 Å². The molecule has 3 nitrogen and oxygen atoms in total. The van der Waals surface area contributed by atoms with Crippen molar-refractivity contribution in [3.63, 3.8) is 0 Å². The number of nitrogens with zero attached hydrogens (tertiary/aromatic N) is 2. The number of fused-ring (bicyclic) bond motifs is 1. The fourth-order valence-corrected chi connectivity index (χ4v) is 2.51. The lowest BCUT2D eigenvalue weighted by Gasteiger charge is -2.09. The number of benzene rings is 2. The first-order chi connectivity index (χ1) is 9.69. The summed E-state index contributed by atoms with van der Waals surface area (Å²) >= 11 is 0. The lowest BCUT2D eigenvalue weighted by atomic mass is 10.1. The average molecular weight is 263 g/mol. The largest absolute Gasteiger partial charge is 0.383 e. The first-order valence-electron chi connectivity index (χ1n) is 6.81. The highest BCUT2D eigenvalue weighted by molar-refractivity contribution is 5.86. The third-order valence-electron chi connectivity index (χ3n) is 3.61. The van der Waals surface area contributed by atoms with Crippen molar-refractivity contribution >= 4 is 16.6 Å². The Morgan fingerprint density at radius 2 is 1.75 bits per heavy atom. The molecular weight excluding hydrogens is 246 g/mol. The SMILES string of the molecule is CCc1c(C)nc(-c2ccc3ccccc3c2)nc1N. The van der Waals surface area contributed by atoms with E-state index in [1.54, 1.807) is 0 Å². The van der Waals surface area contributed by atoms with Gasteiger partial charge in [0.1, 0.15) is 5.82 Å². The fourth-order valence-electron chi connectivity index (χ4n) is 2.51. The van der Waals surface area contributed by atoms with E-state index >= 15 is 0 Å². The molecule has 0 aliphatic carbocycles. The van der Waals surface area contributed by atoms with E-state index < -0.39 is 0 Å². The van der Waals surface area contributed by atoms with E-state index in [0.29, 0.717) is 11.6 Å². The highest BCUT2D eigenvalue weighted by Gasteiger charge is 2.09. The monoisotopic (exact) mass is 263 g/mol. The predicted octanol–water partition coefficient (Wildman–Crippen LogP) is 3.75. The predicted molar refractivity (Wildman–Crippen MR) is 83.5 cm³/mol. The van der Waals surface area contributed by atoms with E-state index in [9.17, 15) is 0 Å². The Labute approximate surface area is 118 Å². The lowest BCUT2D eigenvalue weighted by Crippen LogP contribution is -2.04. The second-order valence-electron chi connectivity index (χ2n) is 4.91. The van der Waals surface area contributed by atoms with Gasteiger partial charge >= 0.3 is 0 Å². The van der Waals surface area contributed by atoms with Crippen LogP contribution in [0, 0.1) is 6.92 Å². The van der Waals surface area contributed by atoms with E-state index in [4.69, 9.17) is 5.73 Å². The van der Waals surface area contributed by atoms with E-state index in [1.165, 1.54) is 10.8 Å². The summed E-state index contributed by atoms with van der Waals surface area (Å²) in [4.78, 5) is 9.04. The van der Waals surface area contributed by atoms with Gasteiger partial charge in [-0.1, -0.05) is 43.3 Å². The van der Waals surface area contributed by atoms with Crippen LogP contribution in [0.2, 0.25) is 0 Å². The number of hydrogen-bond donors (Lipinski definition) is 1. The highest BCUT2D eigenvalue weighted by atomic mass is 15.0. The molecule has 0 unspecified atom stereocenters. The van der Waals surface area contributed by atoms with Crippen LogP contribution in [-0.4, -0.2) is 9.97 Å². The zero-order chi connectivity index (χ0) is 14.1. The summed E-state index contributed by atoms with van der Waals surface area (Å²) in [5.41, 5.74) is 9.03. The maximum atomic E-state index is 6.03. The molecule has 1 heterocycles. The molecule has 0 amide bonds. The van der Waals surface area contributed by atoms with Crippen molar-refractivity contribution in [1.82, 2.24) is 9.97 Å². The Bertz CT molecular complexity index is 755. The molecule has 100 valence electrons. The van der Waals surface area contributed by atoms with Crippen molar-refractivity contribution in [1.29, 1.82) is 0 Å². The number of aryl methyl sites for hydroxylation is 1. The quantitative estimate of drug-likeness (QED) is 0.766. The van der Waals surface area contributed by atoms with Gasteiger partial charge in [-0.15, -0.1) is 0 Å². The van der Waals surface area contributed by atoms with Crippen molar-refractivity contribution in [2.75, 3.05) is 5.73 Å². The zero-order valence-corrected chi connectivity index (χ0v) is 11.7. The smallest absolute Gasteiger partial charge is 0.161 e. The molecule has 2 N–H and O–H groups in total. The van der Waals surface area contributed by atoms with Gasteiger partial charge < -0.3 is 5.73 Å². The van der Waals surface area contributed by atoms with E-state index in [2.05, 4.69) is 41.2 Å². The Morgan fingerprint density at radius 3 is 2.45 bits per heavy atom. The molecule has 3 rings (SSSR count). The summed E-state index contributed by atoms with van der Waals surface area (Å²) in [6.45, 7) is 4.05. The van der Waals surface area contributed by atoms with Crippen LogP contribution < -0.4 is 5.73 Å². The molecule has 0 fully saturated rings. The number of anilines is 1. The maximum Gasteiger partial charge on any atom is 0.161 e. The first kappa shape index (κ1) is 12.6. The number of hydrogen-bond acceptors (Lipinski definition) is 3. The maximum absolute atomic E-state index is 6.03. The van der Waals surface area contributed by atoms with Crippen LogP contribution in [0.5, 0.6) is 0 Å². The highest BCUT2D eigenvalue weighted by Crippen LogP contribution is 2.24. The minimum absolute atomic E-state index is 0.586. The fraction of sp³-hybridized carbons (Fsp3) is 0.176. The van der Waals surface area contributed by atoms with Crippen LogP contribution in [-0.2, 0) is 6.42 Å². The van der Waals surface area contributed by atoms with Gasteiger partial charge in [0.25, 0.3) is 0 Å². The third-order valence-corrected chi connectivity index (χ3v) is 3.61. The summed E-state index contributed by atoms with van der Waals surface area (Å²) in [7, 11) is 0. The summed E-state index contributed by atoms with van der Waals surface area (Å²) in [5.74, 6) is 1.28. The molecule has 0 spiro atoms.